The smallest absolute Gasteiger partial charge is 0.359 e. The standard InChI is InChI=1S/C27H24N4O5/c1-15-10-20(26(33)29-25-19-8-4-2-6-16(19)12-22(25)32)28-24-13-21(30-31(15)24)27(34)35-14-18-11-17-7-3-5-9-23(17)36-18/h2-10,13,18,22,25,32H,11-12,14H2,1H3,(H,29,33). The summed E-state index contributed by atoms with van der Waals surface area (Å²) in [7, 11) is 0. The van der Waals surface area contributed by atoms with Crippen molar-refractivity contribution in [3.63, 3.8) is 0 Å². The molecule has 36 heavy (non-hydrogen) atoms. The quantitative estimate of drug-likeness (QED) is 0.419. The van der Waals surface area contributed by atoms with E-state index in [2.05, 4.69) is 15.4 Å². The Kier molecular flexibility index (Phi) is 5.41. The van der Waals surface area contributed by atoms with Crippen LogP contribution in [0.2, 0.25) is 0 Å². The van der Waals surface area contributed by atoms with Gasteiger partial charge in [0.1, 0.15) is 24.2 Å². The summed E-state index contributed by atoms with van der Waals surface area (Å²) >= 11 is 0. The lowest BCUT2D eigenvalue weighted by molar-refractivity contribution is 0.0340. The van der Waals surface area contributed by atoms with Crippen molar-refractivity contribution >= 4 is 17.5 Å². The Morgan fingerprint density at radius 1 is 1.08 bits per heavy atom. The number of benzene rings is 2. The summed E-state index contributed by atoms with van der Waals surface area (Å²) in [6.45, 7) is 1.88. The second kappa shape index (κ2) is 8.76. The average Bonchev–Trinajstić information content (AvgIpc) is 3.58. The number of nitrogens with one attached hydrogen (secondary N) is 1. The Balaban J connectivity index is 1.15. The van der Waals surface area contributed by atoms with Gasteiger partial charge >= 0.3 is 5.97 Å². The highest BCUT2D eigenvalue weighted by Crippen LogP contribution is 2.31. The first-order chi connectivity index (χ1) is 17.5. The highest BCUT2D eigenvalue weighted by molar-refractivity contribution is 5.94. The molecular weight excluding hydrogens is 460 g/mol. The highest BCUT2D eigenvalue weighted by Gasteiger charge is 2.32. The van der Waals surface area contributed by atoms with Crippen LogP contribution in [-0.4, -0.2) is 50.4 Å². The molecule has 2 N–H and O–H groups in total. The maximum absolute atomic E-state index is 13.0. The van der Waals surface area contributed by atoms with Crippen LogP contribution < -0.4 is 10.1 Å². The Morgan fingerprint density at radius 3 is 2.69 bits per heavy atom. The van der Waals surface area contributed by atoms with E-state index >= 15 is 0 Å². The minimum atomic E-state index is -0.704. The Labute approximate surface area is 206 Å². The van der Waals surface area contributed by atoms with Gasteiger partial charge in [0.25, 0.3) is 5.91 Å². The summed E-state index contributed by atoms with van der Waals surface area (Å²) in [5.41, 5.74) is 4.26. The fourth-order valence-corrected chi connectivity index (χ4v) is 4.89. The molecule has 3 atom stereocenters. The monoisotopic (exact) mass is 484 g/mol. The third-order valence-electron chi connectivity index (χ3n) is 6.65. The van der Waals surface area contributed by atoms with E-state index in [1.807, 2.05) is 48.5 Å². The third-order valence-corrected chi connectivity index (χ3v) is 6.65. The lowest BCUT2D eigenvalue weighted by Gasteiger charge is -2.18. The zero-order valence-electron chi connectivity index (χ0n) is 19.5. The average molecular weight is 485 g/mol. The number of aliphatic hydroxyl groups is 1. The van der Waals surface area contributed by atoms with Gasteiger partial charge in [0.2, 0.25) is 0 Å². The number of aromatic nitrogens is 3. The Morgan fingerprint density at radius 2 is 1.86 bits per heavy atom. The van der Waals surface area contributed by atoms with Crippen LogP contribution in [0.25, 0.3) is 5.65 Å². The van der Waals surface area contributed by atoms with Crippen LogP contribution in [0.3, 0.4) is 0 Å². The summed E-state index contributed by atoms with van der Waals surface area (Å²) in [6, 6.07) is 18.0. The molecule has 2 aliphatic rings. The van der Waals surface area contributed by atoms with E-state index in [-0.39, 0.29) is 24.1 Å². The van der Waals surface area contributed by atoms with E-state index in [1.165, 1.54) is 10.6 Å². The number of aryl methyl sites for hydroxylation is 1. The largest absolute Gasteiger partial charge is 0.486 e. The van der Waals surface area contributed by atoms with Gasteiger partial charge in [0, 0.05) is 24.6 Å². The van der Waals surface area contributed by atoms with E-state index in [0.29, 0.717) is 24.2 Å². The summed E-state index contributed by atoms with van der Waals surface area (Å²) in [6.07, 6.45) is 0.214. The molecule has 3 unspecified atom stereocenters. The number of amides is 1. The molecule has 1 aliphatic carbocycles. The second-order valence-corrected chi connectivity index (χ2v) is 9.15. The third kappa shape index (κ3) is 3.97. The van der Waals surface area contributed by atoms with Crippen molar-refractivity contribution in [2.75, 3.05) is 6.61 Å². The zero-order valence-corrected chi connectivity index (χ0v) is 19.5. The summed E-state index contributed by atoms with van der Waals surface area (Å²) < 4.78 is 12.8. The van der Waals surface area contributed by atoms with Crippen LogP contribution in [0.1, 0.15) is 49.4 Å². The number of fused-ring (bicyclic) bond motifs is 3. The fourth-order valence-electron chi connectivity index (χ4n) is 4.89. The number of hydrogen-bond donors (Lipinski definition) is 2. The van der Waals surface area contributed by atoms with Crippen LogP contribution >= 0.6 is 0 Å². The van der Waals surface area contributed by atoms with Crippen molar-refractivity contribution in [3.8, 4) is 5.75 Å². The molecule has 1 aliphatic heterocycles. The molecule has 2 aromatic carbocycles. The van der Waals surface area contributed by atoms with Gasteiger partial charge in [0.05, 0.1) is 12.1 Å². The first-order valence-electron chi connectivity index (χ1n) is 11.8. The maximum atomic E-state index is 13.0. The van der Waals surface area contributed by atoms with Gasteiger partial charge in [0.15, 0.2) is 11.3 Å². The molecule has 0 saturated heterocycles. The number of rotatable bonds is 5. The van der Waals surface area contributed by atoms with Crippen LogP contribution in [0, 0.1) is 6.92 Å². The summed E-state index contributed by atoms with van der Waals surface area (Å²) in [5.74, 6) is -0.189. The highest BCUT2D eigenvalue weighted by atomic mass is 16.6. The molecule has 182 valence electrons. The number of hydrogen-bond acceptors (Lipinski definition) is 7. The van der Waals surface area contributed by atoms with Crippen molar-refractivity contribution in [3.05, 3.63) is 94.4 Å². The van der Waals surface area contributed by atoms with Crippen LogP contribution in [0.4, 0.5) is 0 Å². The van der Waals surface area contributed by atoms with Gasteiger partial charge in [-0.1, -0.05) is 42.5 Å². The first-order valence-corrected chi connectivity index (χ1v) is 11.8. The van der Waals surface area contributed by atoms with E-state index < -0.39 is 24.0 Å². The minimum absolute atomic E-state index is 0.0961. The minimum Gasteiger partial charge on any atom is -0.486 e. The molecule has 0 radical (unpaired) electrons. The topological polar surface area (TPSA) is 115 Å². The molecule has 9 heteroatoms. The predicted molar refractivity (Wildman–Crippen MR) is 129 cm³/mol. The SMILES string of the molecule is Cc1cc(C(=O)NC2c3ccccc3CC2O)nc2cc(C(=O)OCC3Cc4ccccc4O3)nn12. The van der Waals surface area contributed by atoms with Crippen molar-refractivity contribution in [1.29, 1.82) is 0 Å². The molecular formula is C27H24N4O5. The molecule has 0 saturated carbocycles. The number of carbonyl (C=O) groups is 2. The van der Waals surface area contributed by atoms with Crippen molar-refractivity contribution in [2.45, 2.75) is 38.0 Å². The van der Waals surface area contributed by atoms with Gasteiger partial charge in [-0.25, -0.2) is 14.3 Å². The molecule has 4 aromatic rings. The molecule has 1 amide bonds. The first kappa shape index (κ1) is 22.2. The Bertz CT molecular complexity index is 1470. The maximum Gasteiger partial charge on any atom is 0.359 e. The van der Waals surface area contributed by atoms with Gasteiger partial charge in [-0.15, -0.1) is 0 Å². The summed E-state index contributed by atoms with van der Waals surface area (Å²) in [5, 5.41) is 17.7. The van der Waals surface area contributed by atoms with E-state index in [1.54, 1.807) is 13.0 Å². The number of esters is 1. The van der Waals surface area contributed by atoms with Crippen molar-refractivity contribution in [1.82, 2.24) is 19.9 Å². The lowest BCUT2D eigenvalue weighted by atomic mass is 10.1. The normalized spacial score (nSPS) is 20.0. The molecule has 2 aromatic heterocycles. The number of ether oxygens (including phenoxy) is 2. The molecule has 0 fully saturated rings. The number of nitrogens with zero attached hydrogens (tertiary/aromatic N) is 3. The van der Waals surface area contributed by atoms with Gasteiger partial charge in [-0.3, -0.25) is 4.79 Å². The molecule has 9 nitrogen and oxygen atoms in total. The number of para-hydroxylation sites is 1. The molecule has 6 rings (SSSR count). The molecule has 0 spiro atoms. The number of carbonyl (C=O) groups excluding carboxylic acids is 2. The lowest BCUT2D eigenvalue weighted by Crippen LogP contribution is -2.34. The van der Waals surface area contributed by atoms with Crippen LogP contribution in [-0.2, 0) is 17.6 Å². The van der Waals surface area contributed by atoms with Gasteiger partial charge in [-0.2, -0.15) is 5.10 Å². The van der Waals surface area contributed by atoms with E-state index in [0.717, 1.165) is 22.4 Å². The molecule has 0 bridgehead atoms. The number of aliphatic hydroxyl groups excluding tert-OH is 1. The van der Waals surface area contributed by atoms with Gasteiger partial charge in [-0.05, 0) is 35.7 Å². The van der Waals surface area contributed by atoms with Crippen LogP contribution in [0.5, 0.6) is 5.75 Å². The predicted octanol–water partition coefficient (Wildman–Crippen LogP) is 2.59. The summed E-state index contributed by atoms with van der Waals surface area (Å²) in [4.78, 5) is 30.1. The van der Waals surface area contributed by atoms with E-state index in [9.17, 15) is 14.7 Å². The fraction of sp³-hybridized carbons (Fsp3) is 0.259. The Hall–Kier alpha value is -4.24. The zero-order chi connectivity index (χ0) is 24.8. The van der Waals surface area contributed by atoms with Crippen molar-refractivity contribution in [2.24, 2.45) is 0 Å². The molecule has 3 heterocycles. The van der Waals surface area contributed by atoms with E-state index in [4.69, 9.17) is 9.47 Å². The second-order valence-electron chi connectivity index (χ2n) is 9.15. The van der Waals surface area contributed by atoms with Gasteiger partial charge < -0.3 is 19.9 Å². The van der Waals surface area contributed by atoms with Crippen molar-refractivity contribution < 1.29 is 24.2 Å². The van der Waals surface area contributed by atoms with Crippen LogP contribution in [0.15, 0.2) is 60.7 Å².